The van der Waals surface area contributed by atoms with E-state index in [1.165, 1.54) is 0 Å². The topological polar surface area (TPSA) is 58.6 Å². The minimum absolute atomic E-state index is 0.0442. The van der Waals surface area contributed by atoms with Crippen LogP contribution in [0.25, 0.3) is 0 Å². The lowest BCUT2D eigenvalue weighted by Crippen LogP contribution is -2.54. The predicted molar refractivity (Wildman–Crippen MR) is 73.1 cm³/mol. The standard InChI is InChI=1S/C12H26N2O3S/c1-5-13-7-6-8-18(15,16)14-9-11(2)17-12(3,4)10-14/h11,13H,5-10H2,1-4H3. The normalized spacial score (nSPS) is 25.2. The van der Waals surface area contributed by atoms with Crippen molar-refractivity contribution in [3.05, 3.63) is 0 Å². The van der Waals surface area contributed by atoms with Gasteiger partial charge in [0.25, 0.3) is 0 Å². The van der Waals surface area contributed by atoms with Gasteiger partial charge >= 0.3 is 0 Å². The summed E-state index contributed by atoms with van der Waals surface area (Å²) in [5.74, 6) is 0.211. The Balaban J connectivity index is 2.56. The third-order valence-electron chi connectivity index (χ3n) is 2.94. The molecule has 1 fully saturated rings. The van der Waals surface area contributed by atoms with Crippen LogP contribution in [0.4, 0.5) is 0 Å². The summed E-state index contributed by atoms with van der Waals surface area (Å²) in [6.45, 7) is 10.3. The third kappa shape index (κ3) is 4.84. The van der Waals surface area contributed by atoms with Gasteiger partial charge in [0, 0.05) is 13.1 Å². The zero-order chi connectivity index (χ0) is 13.8. The van der Waals surface area contributed by atoms with Gasteiger partial charge < -0.3 is 10.1 Å². The molecule has 18 heavy (non-hydrogen) atoms. The first-order valence-corrected chi connectivity index (χ1v) is 8.24. The zero-order valence-electron chi connectivity index (χ0n) is 11.9. The first-order chi connectivity index (χ1) is 8.27. The summed E-state index contributed by atoms with van der Waals surface area (Å²) in [4.78, 5) is 0. The van der Waals surface area contributed by atoms with Gasteiger partial charge in [-0.3, -0.25) is 0 Å². The molecule has 0 aromatic rings. The van der Waals surface area contributed by atoms with Crippen LogP contribution in [0.15, 0.2) is 0 Å². The molecule has 1 aliphatic rings. The fourth-order valence-electron chi connectivity index (χ4n) is 2.29. The molecule has 1 atom stereocenters. The number of hydrogen-bond acceptors (Lipinski definition) is 4. The highest BCUT2D eigenvalue weighted by molar-refractivity contribution is 7.89. The highest BCUT2D eigenvalue weighted by atomic mass is 32.2. The number of sulfonamides is 1. The van der Waals surface area contributed by atoms with Gasteiger partial charge in [-0.25, -0.2) is 8.42 Å². The van der Waals surface area contributed by atoms with E-state index in [4.69, 9.17) is 4.74 Å². The van der Waals surface area contributed by atoms with Gasteiger partial charge in [0.15, 0.2) is 0 Å². The quantitative estimate of drug-likeness (QED) is 0.731. The molecule has 0 radical (unpaired) electrons. The molecule has 108 valence electrons. The van der Waals surface area contributed by atoms with E-state index in [1.807, 2.05) is 27.7 Å². The van der Waals surface area contributed by atoms with Crippen LogP contribution >= 0.6 is 0 Å². The molecule has 1 heterocycles. The van der Waals surface area contributed by atoms with Gasteiger partial charge in [-0.2, -0.15) is 4.31 Å². The lowest BCUT2D eigenvalue weighted by Gasteiger charge is -2.40. The molecule has 0 amide bonds. The second-order valence-corrected chi connectivity index (χ2v) is 7.59. The smallest absolute Gasteiger partial charge is 0.214 e. The molecule has 1 aliphatic heterocycles. The van der Waals surface area contributed by atoms with Crippen molar-refractivity contribution in [3.8, 4) is 0 Å². The van der Waals surface area contributed by atoms with E-state index >= 15 is 0 Å². The monoisotopic (exact) mass is 278 g/mol. The van der Waals surface area contributed by atoms with Crippen LogP contribution in [0.3, 0.4) is 0 Å². The van der Waals surface area contributed by atoms with Gasteiger partial charge in [-0.1, -0.05) is 6.92 Å². The fraction of sp³-hybridized carbons (Fsp3) is 1.00. The molecule has 6 heteroatoms. The molecular weight excluding hydrogens is 252 g/mol. The maximum atomic E-state index is 12.2. The van der Waals surface area contributed by atoms with Crippen LogP contribution in [0, 0.1) is 0 Å². The van der Waals surface area contributed by atoms with Gasteiger partial charge in [0.2, 0.25) is 10.0 Å². The van der Waals surface area contributed by atoms with Gasteiger partial charge in [-0.05, 0) is 40.3 Å². The van der Waals surface area contributed by atoms with Crippen LogP contribution in [-0.4, -0.2) is 56.4 Å². The van der Waals surface area contributed by atoms with Crippen molar-refractivity contribution in [2.24, 2.45) is 0 Å². The second-order valence-electron chi connectivity index (χ2n) is 5.50. The predicted octanol–water partition coefficient (Wildman–Crippen LogP) is 0.815. The van der Waals surface area contributed by atoms with E-state index in [2.05, 4.69) is 5.32 Å². The zero-order valence-corrected chi connectivity index (χ0v) is 12.7. The van der Waals surface area contributed by atoms with Crippen molar-refractivity contribution in [1.29, 1.82) is 0 Å². The second kappa shape index (κ2) is 6.32. The Labute approximate surface area is 111 Å². The lowest BCUT2D eigenvalue weighted by molar-refractivity contribution is -0.109. The number of rotatable bonds is 6. The van der Waals surface area contributed by atoms with E-state index in [1.54, 1.807) is 4.31 Å². The summed E-state index contributed by atoms with van der Waals surface area (Å²) < 4.78 is 31.7. The van der Waals surface area contributed by atoms with Crippen LogP contribution in [0.2, 0.25) is 0 Å². The summed E-state index contributed by atoms with van der Waals surface area (Å²) in [5, 5.41) is 3.14. The molecule has 0 spiro atoms. The first kappa shape index (κ1) is 15.9. The molecule has 1 N–H and O–H groups in total. The van der Waals surface area contributed by atoms with E-state index in [9.17, 15) is 8.42 Å². The summed E-state index contributed by atoms with van der Waals surface area (Å²) >= 11 is 0. The van der Waals surface area contributed by atoms with Crippen molar-refractivity contribution in [2.45, 2.75) is 45.8 Å². The molecular formula is C12H26N2O3S. The molecule has 0 aromatic carbocycles. The van der Waals surface area contributed by atoms with Crippen molar-refractivity contribution in [1.82, 2.24) is 9.62 Å². The first-order valence-electron chi connectivity index (χ1n) is 6.63. The Hall–Kier alpha value is -0.170. The summed E-state index contributed by atoms with van der Waals surface area (Å²) in [5.41, 5.74) is -0.396. The molecule has 1 saturated heterocycles. The van der Waals surface area contributed by atoms with E-state index in [-0.39, 0.29) is 11.9 Å². The summed E-state index contributed by atoms with van der Waals surface area (Å²) in [6, 6.07) is 0. The largest absolute Gasteiger partial charge is 0.370 e. The lowest BCUT2D eigenvalue weighted by atomic mass is 10.1. The maximum Gasteiger partial charge on any atom is 0.214 e. The van der Waals surface area contributed by atoms with E-state index in [0.717, 1.165) is 13.1 Å². The van der Waals surface area contributed by atoms with Gasteiger partial charge in [-0.15, -0.1) is 0 Å². The molecule has 0 aromatic heterocycles. The van der Waals surface area contributed by atoms with Crippen molar-refractivity contribution in [2.75, 3.05) is 31.9 Å². The maximum absolute atomic E-state index is 12.2. The number of nitrogens with one attached hydrogen (secondary N) is 1. The molecule has 0 saturated carbocycles. The van der Waals surface area contributed by atoms with Gasteiger partial charge in [0.05, 0.1) is 17.5 Å². The Kier molecular flexibility index (Phi) is 5.58. The molecule has 1 unspecified atom stereocenters. The number of morpholine rings is 1. The minimum Gasteiger partial charge on any atom is -0.370 e. The number of ether oxygens (including phenoxy) is 1. The molecule has 0 aliphatic carbocycles. The van der Waals surface area contributed by atoms with Crippen molar-refractivity contribution >= 4 is 10.0 Å². The highest BCUT2D eigenvalue weighted by Gasteiger charge is 2.36. The number of nitrogens with zero attached hydrogens (tertiary/aromatic N) is 1. The average molecular weight is 278 g/mol. The Bertz CT molecular complexity index is 354. The Morgan fingerprint density at radius 1 is 1.44 bits per heavy atom. The molecule has 5 nitrogen and oxygen atoms in total. The Morgan fingerprint density at radius 2 is 2.11 bits per heavy atom. The SMILES string of the molecule is CCNCCCS(=O)(=O)N1CC(C)OC(C)(C)C1. The summed E-state index contributed by atoms with van der Waals surface area (Å²) in [6.07, 6.45) is 0.611. The average Bonchev–Trinajstić information content (AvgIpc) is 2.21. The van der Waals surface area contributed by atoms with Crippen LogP contribution < -0.4 is 5.32 Å². The van der Waals surface area contributed by atoms with E-state index in [0.29, 0.717) is 19.5 Å². The van der Waals surface area contributed by atoms with Gasteiger partial charge in [0.1, 0.15) is 0 Å². The van der Waals surface area contributed by atoms with Crippen LogP contribution in [0.1, 0.15) is 34.1 Å². The Morgan fingerprint density at radius 3 is 2.67 bits per heavy atom. The van der Waals surface area contributed by atoms with Crippen LogP contribution in [0.5, 0.6) is 0 Å². The van der Waals surface area contributed by atoms with Crippen molar-refractivity contribution in [3.63, 3.8) is 0 Å². The van der Waals surface area contributed by atoms with Crippen molar-refractivity contribution < 1.29 is 13.2 Å². The third-order valence-corrected chi connectivity index (χ3v) is 4.81. The highest BCUT2D eigenvalue weighted by Crippen LogP contribution is 2.23. The molecule has 0 bridgehead atoms. The fourth-order valence-corrected chi connectivity index (χ4v) is 4.00. The number of hydrogen-bond donors (Lipinski definition) is 1. The van der Waals surface area contributed by atoms with E-state index < -0.39 is 15.6 Å². The van der Waals surface area contributed by atoms with Crippen LogP contribution in [-0.2, 0) is 14.8 Å². The molecule has 1 rings (SSSR count). The summed E-state index contributed by atoms with van der Waals surface area (Å²) in [7, 11) is -3.15. The minimum atomic E-state index is -3.15.